The summed E-state index contributed by atoms with van der Waals surface area (Å²) in [7, 11) is 0. The molecular weight excluding hydrogens is 434 g/mol. The Kier molecular flexibility index (Phi) is 5.20. The van der Waals surface area contributed by atoms with Crippen LogP contribution in [0.1, 0.15) is 29.0 Å². The predicted octanol–water partition coefficient (Wildman–Crippen LogP) is 6.15. The fourth-order valence-electron chi connectivity index (χ4n) is 5.47. The van der Waals surface area contributed by atoms with Crippen molar-refractivity contribution in [3.8, 4) is 11.1 Å². The molecular formula is C28H24ClNO3. The summed E-state index contributed by atoms with van der Waals surface area (Å²) in [6, 6.07) is 24.4. The van der Waals surface area contributed by atoms with Gasteiger partial charge in [-0.05, 0) is 45.9 Å². The number of morpholine rings is 1. The first kappa shape index (κ1) is 20.5. The Morgan fingerprint density at radius 3 is 2.21 bits per heavy atom. The molecule has 0 aromatic heterocycles. The highest BCUT2D eigenvalue weighted by atomic mass is 35.5. The van der Waals surface area contributed by atoms with Gasteiger partial charge in [0.2, 0.25) is 0 Å². The standard InChI is InChI=1S/C28H24ClNO3/c29-27-12-6-5-7-21(27)18-13-19-15-32-16-20(14-18)30(19)28(31)33-17-26-24-10-3-1-8-22(24)23-9-2-4-11-25(23)26/h1-13,19-20,26H,14-17H2. The summed E-state index contributed by atoms with van der Waals surface area (Å²) in [5.41, 5.74) is 7.09. The highest BCUT2D eigenvalue weighted by Crippen LogP contribution is 2.44. The summed E-state index contributed by atoms with van der Waals surface area (Å²) in [6.45, 7) is 1.29. The summed E-state index contributed by atoms with van der Waals surface area (Å²) in [5, 5.41) is 0.734. The van der Waals surface area contributed by atoms with Gasteiger partial charge in [-0.2, -0.15) is 0 Å². The van der Waals surface area contributed by atoms with Crippen LogP contribution in [0.3, 0.4) is 0 Å². The minimum atomic E-state index is -0.273. The van der Waals surface area contributed by atoms with Crippen LogP contribution in [0.15, 0.2) is 78.9 Å². The number of hydrogen-bond acceptors (Lipinski definition) is 3. The Labute approximate surface area is 198 Å². The van der Waals surface area contributed by atoms with Gasteiger partial charge < -0.3 is 9.47 Å². The van der Waals surface area contributed by atoms with E-state index in [1.165, 1.54) is 27.8 Å². The molecule has 4 nitrogen and oxygen atoms in total. The number of nitrogens with zero attached hydrogens (tertiary/aromatic N) is 1. The number of ether oxygens (including phenoxy) is 2. The predicted molar refractivity (Wildman–Crippen MR) is 129 cm³/mol. The zero-order valence-corrected chi connectivity index (χ0v) is 18.9. The van der Waals surface area contributed by atoms with E-state index >= 15 is 0 Å². The number of rotatable bonds is 3. The highest BCUT2D eigenvalue weighted by molar-refractivity contribution is 6.32. The fraction of sp³-hybridized carbons (Fsp3) is 0.250. The van der Waals surface area contributed by atoms with Gasteiger partial charge in [-0.25, -0.2) is 4.79 Å². The molecule has 33 heavy (non-hydrogen) atoms. The van der Waals surface area contributed by atoms with Gasteiger partial charge in [0.1, 0.15) is 6.61 Å². The number of benzene rings is 3. The second kappa shape index (κ2) is 8.36. The molecule has 0 saturated carbocycles. The lowest BCUT2D eigenvalue weighted by Crippen LogP contribution is -2.56. The summed E-state index contributed by atoms with van der Waals surface area (Å²) in [6.07, 6.45) is 2.53. The zero-order chi connectivity index (χ0) is 22.4. The number of carbonyl (C=O) groups excluding carboxylic acids is 1. The van der Waals surface area contributed by atoms with E-state index in [9.17, 15) is 4.79 Å². The zero-order valence-electron chi connectivity index (χ0n) is 18.1. The third-order valence-corrected chi connectivity index (χ3v) is 7.29. The van der Waals surface area contributed by atoms with Gasteiger partial charge in [-0.15, -0.1) is 0 Å². The third-order valence-electron chi connectivity index (χ3n) is 6.97. The van der Waals surface area contributed by atoms with E-state index in [1.54, 1.807) is 0 Å². The van der Waals surface area contributed by atoms with Crippen molar-refractivity contribution in [3.05, 3.63) is 101 Å². The van der Waals surface area contributed by atoms with Crippen molar-refractivity contribution in [2.45, 2.75) is 24.4 Å². The molecule has 3 aromatic carbocycles. The Balaban J connectivity index is 1.23. The van der Waals surface area contributed by atoms with Crippen molar-refractivity contribution in [1.82, 2.24) is 4.90 Å². The van der Waals surface area contributed by atoms with E-state index in [-0.39, 0.29) is 24.1 Å². The van der Waals surface area contributed by atoms with Crippen molar-refractivity contribution in [2.24, 2.45) is 0 Å². The minimum Gasteiger partial charge on any atom is -0.448 e. The van der Waals surface area contributed by atoms with E-state index in [1.807, 2.05) is 41.3 Å². The monoisotopic (exact) mass is 457 g/mol. The molecule has 3 aliphatic rings. The second-order valence-electron chi connectivity index (χ2n) is 8.85. The van der Waals surface area contributed by atoms with Crippen LogP contribution in [0.25, 0.3) is 16.7 Å². The highest BCUT2D eigenvalue weighted by Gasteiger charge is 2.40. The lowest BCUT2D eigenvalue weighted by Gasteiger charge is -2.44. The molecule has 2 heterocycles. The van der Waals surface area contributed by atoms with Crippen molar-refractivity contribution in [3.63, 3.8) is 0 Å². The number of amides is 1. The molecule has 3 aromatic rings. The SMILES string of the molecule is O=C(OCC1c2ccccc2-c2ccccc21)N1C2C=C(c3ccccc3Cl)CC1COC2. The maximum absolute atomic E-state index is 13.3. The summed E-state index contributed by atoms with van der Waals surface area (Å²) in [5.74, 6) is 0.0523. The first-order chi connectivity index (χ1) is 16.2. The topological polar surface area (TPSA) is 38.8 Å². The maximum Gasteiger partial charge on any atom is 0.410 e. The molecule has 1 aliphatic carbocycles. The molecule has 2 bridgehead atoms. The fourth-order valence-corrected chi connectivity index (χ4v) is 5.73. The number of fused-ring (bicyclic) bond motifs is 5. The third kappa shape index (κ3) is 3.54. The van der Waals surface area contributed by atoms with Gasteiger partial charge in [0.25, 0.3) is 0 Å². The maximum atomic E-state index is 13.3. The van der Waals surface area contributed by atoms with Crippen LogP contribution in [0.2, 0.25) is 5.02 Å². The molecule has 1 amide bonds. The number of carbonyl (C=O) groups is 1. The van der Waals surface area contributed by atoms with Crippen molar-refractivity contribution >= 4 is 23.3 Å². The van der Waals surface area contributed by atoms with E-state index in [0.29, 0.717) is 26.2 Å². The summed E-state index contributed by atoms with van der Waals surface area (Å²) in [4.78, 5) is 15.2. The Morgan fingerprint density at radius 1 is 0.909 bits per heavy atom. The van der Waals surface area contributed by atoms with Crippen LogP contribution in [-0.4, -0.2) is 42.9 Å². The molecule has 0 N–H and O–H groups in total. The molecule has 2 aliphatic heterocycles. The van der Waals surface area contributed by atoms with Gasteiger partial charge in [-0.1, -0.05) is 84.4 Å². The van der Waals surface area contributed by atoms with Crippen molar-refractivity contribution in [2.75, 3.05) is 19.8 Å². The van der Waals surface area contributed by atoms with E-state index in [4.69, 9.17) is 21.1 Å². The smallest absolute Gasteiger partial charge is 0.410 e. The van der Waals surface area contributed by atoms with E-state index in [0.717, 1.165) is 10.6 Å². The second-order valence-corrected chi connectivity index (χ2v) is 9.25. The van der Waals surface area contributed by atoms with Gasteiger partial charge in [0, 0.05) is 10.9 Å². The molecule has 6 rings (SSSR count). The molecule has 0 spiro atoms. The molecule has 1 fully saturated rings. The minimum absolute atomic E-state index is 0.0523. The van der Waals surface area contributed by atoms with Gasteiger partial charge >= 0.3 is 6.09 Å². The van der Waals surface area contributed by atoms with Crippen LogP contribution < -0.4 is 0 Å². The quantitative estimate of drug-likeness (QED) is 0.473. The van der Waals surface area contributed by atoms with Crippen LogP contribution in [-0.2, 0) is 9.47 Å². The first-order valence-electron chi connectivity index (χ1n) is 11.4. The van der Waals surface area contributed by atoms with Gasteiger partial charge in [-0.3, -0.25) is 4.90 Å². The lowest BCUT2D eigenvalue weighted by molar-refractivity contribution is -0.0331. The Hall–Kier alpha value is -3.08. The molecule has 2 unspecified atom stereocenters. The van der Waals surface area contributed by atoms with Crippen molar-refractivity contribution in [1.29, 1.82) is 0 Å². The first-order valence-corrected chi connectivity index (χ1v) is 11.7. The molecule has 166 valence electrons. The average Bonchev–Trinajstić information content (AvgIpc) is 3.16. The molecule has 5 heteroatoms. The summed E-state index contributed by atoms with van der Waals surface area (Å²) >= 11 is 6.44. The van der Waals surface area contributed by atoms with Crippen LogP contribution in [0.5, 0.6) is 0 Å². The molecule has 0 radical (unpaired) electrons. The van der Waals surface area contributed by atoms with Gasteiger partial charge in [0.05, 0.1) is 25.3 Å². The normalized spacial score (nSPS) is 21.2. The largest absolute Gasteiger partial charge is 0.448 e. The molecule has 1 saturated heterocycles. The average molecular weight is 458 g/mol. The van der Waals surface area contributed by atoms with E-state index in [2.05, 4.69) is 42.5 Å². The Bertz CT molecular complexity index is 1210. The Morgan fingerprint density at radius 2 is 1.55 bits per heavy atom. The molecule has 2 atom stereocenters. The lowest BCUT2D eigenvalue weighted by atomic mass is 9.90. The van der Waals surface area contributed by atoms with Crippen molar-refractivity contribution < 1.29 is 14.3 Å². The van der Waals surface area contributed by atoms with Crippen LogP contribution in [0.4, 0.5) is 4.79 Å². The van der Waals surface area contributed by atoms with Gasteiger partial charge in [0.15, 0.2) is 0 Å². The number of hydrogen-bond donors (Lipinski definition) is 0. The summed E-state index contributed by atoms with van der Waals surface area (Å²) < 4.78 is 11.7. The van der Waals surface area contributed by atoms with Crippen LogP contribution >= 0.6 is 11.6 Å². The number of halogens is 1. The van der Waals surface area contributed by atoms with Crippen LogP contribution in [0, 0.1) is 0 Å². The van der Waals surface area contributed by atoms with E-state index < -0.39 is 0 Å².